The van der Waals surface area contributed by atoms with Crippen LogP contribution in [0.2, 0.25) is 5.02 Å². The lowest BCUT2D eigenvalue weighted by Gasteiger charge is -2.07. The molecule has 0 radical (unpaired) electrons. The van der Waals surface area contributed by atoms with Crippen molar-refractivity contribution in [2.24, 2.45) is 0 Å². The second-order valence-electron chi connectivity index (χ2n) is 4.00. The number of halogens is 2. The number of benzene rings is 2. The molecule has 0 fully saturated rings. The Kier molecular flexibility index (Phi) is 4.91. The third kappa shape index (κ3) is 3.65. The second-order valence-corrected chi connectivity index (χ2v) is 6.34. The van der Waals surface area contributed by atoms with Crippen LogP contribution < -0.4 is 5.73 Å². The summed E-state index contributed by atoms with van der Waals surface area (Å²) in [5, 5.41) is 11.0. The zero-order valence-corrected chi connectivity index (χ0v) is 13.3. The lowest BCUT2D eigenvalue weighted by Crippen LogP contribution is -1.91. The molecule has 20 heavy (non-hydrogen) atoms. The Morgan fingerprint density at radius 2 is 2.05 bits per heavy atom. The van der Waals surface area contributed by atoms with Crippen molar-refractivity contribution in [1.82, 2.24) is 0 Å². The zero-order valence-electron chi connectivity index (χ0n) is 10.2. The fourth-order valence-electron chi connectivity index (χ4n) is 1.57. The van der Waals surface area contributed by atoms with E-state index in [2.05, 4.69) is 15.9 Å². The molecule has 2 N–H and O–H groups in total. The number of hydrogen-bond acceptors (Lipinski definition) is 4. The topological polar surface area (TPSA) is 69.2 Å². The lowest BCUT2D eigenvalue weighted by molar-refractivity contribution is -0.384. The van der Waals surface area contributed by atoms with Gasteiger partial charge in [-0.3, -0.25) is 10.1 Å². The maximum atomic E-state index is 10.6. The highest BCUT2D eigenvalue weighted by Crippen LogP contribution is 2.33. The molecule has 0 unspecified atom stereocenters. The lowest BCUT2D eigenvalue weighted by atomic mass is 10.2. The van der Waals surface area contributed by atoms with Gasteiger partial charge in [0.15, 0.2) is 0 Å². The summed E-state index contributed by atoms with van der Waals surface area (Å²) in [6.07, 6.45) is 0. The fraction of sp³-hybridized carbons (Fsp3) is 0.0769. The second kappa shape index (κ2) is 6.47. The standard InChI is InChI=1S/C13H10BrClN2O2S/c14-9-2-4-13(12(16)5-9)20-7-8-1-3-10(17(18)19)6-11(8)15/h1-6H,7,16H2. The number of rotatable bonds is 4. The third-order valence-electron chi connectivity index (χ3n) is 2.60. The number of nitro groups is 1. The highest BCUT2D eigenvalue weighted by atomic mass is 79.9. The van der Waals surface area contributed by atoms with Crippen LogP contribution in [0.15, 0.2) is 45.8 Å². The van der Waals surface area contributed by atoms with Crippen LogP contribution >= 0.6 is 39.3 Å². The van der Waals surface area contributed by atoms with Gasteiger partial charge in [0, 0.05) is 32.9 Å². The van der Waals surface area contributed by atoms with E-state index >= 15 is 0 Å². The first kappa shape index (κ1) is 15.2. The summed E-state index contributed by atoms with van der Waals surface area (Å²) >= 11 is 10.9. The number of nitrogens with two attached hydrogens (primary N) is 1. The molecule has 0 aliphatic carbocycles. The number of non-ortho nitro benzene ring substituents is 1. The minimum absolute atomic E-state index is 0.00749. The molecule has 0 heterocycles. The Morgan fingerprint density at radius 1 is 1.30 bits per heavy atom. The molecule has 0 aromatic heterocycles. The minimum atomic E-state index is -0.463. The molecule has 2 aromatic rings. The van der Waals surface area contributed by atoms with Crippen LogP contribution in [0.5, 0.6) is 0 Å². The van der Waals surface area contributed by atoms with Gasteiger partial charge in [0.25, 0.3) is 5.69 Å². The van der Waals surface area contributed by atoms with Crippen molar-refractivity contribution in [2.75, 3.05) is 5.73 Å². The SMILES string of the molecule is Nc1cc(Br)ccc1SCc1ccc([N+](=O)[O-])cc1Cl. The van der Waals surface area contributed by atoms with E-state index in [1.807, 2.05) is 18.2 Å². The monoisotopic (exact) mass is 372 g/mol. The largest absolute Gasteiger partial charge is 0.398 e. The first-order valence-corrected chi connectivity index (χ1v) is 7.73. The third-order valence-corrected chi connectivity index (χ3v) is 4.59. The molecule has 2 aromatic carbocycles. The van der Waals surface area contributed by atoms with Gasteiger partial charge < -0.3 is 5.73 Å². The van der Waals surface area contributed by atoms with Gasteiger partial charge in [0.05, 0.1) is 9.95 Å². The number of thioether (sulfide) groups is 1. The highest BCUT2D eigenvalue weighted by molar-refractivity contribution is 9.10. The summed E-state index contributed by atoms with van der Waals surface area (Å²) in [5.74, 6) is 0.600. The Bertz CT molecular complexity index is 667. The van der Waals surface area contributed by atoms with Crippen LogP contribution in [0.1, 0.15) is 5.56 Å². The van der Waals surface area contributed by atoms with Gasteiger partial charge in [-0.15, -0.1) is 11.8 Å². The van der Waals surface area contributed by atoms with Crippen molar-refractivity contribution < 1.29 is 4.92 Å². The smallest absolute Gasteiger partial charge is 0.270 e. The number of anilines is 1. The number of hydrogen-bond donors (Lipinski definition) is 1. The van der Waals surface area contributed by atoms with E-state index in [1.165, 1.54) is 23.9 Å². The molecule has 104 valence electrons. The highest BCUT2D eigenvalue weighted by Gasteiger charge is 2.10. The van der Waals surface area contributed by atoms with E-state index in [0.717, 1.165) is 14.9 Å². The molecule has 0 amide bonds. The van der Waals surface area contributed by atoms with Crippen molar-refractivity contribution in [3.63, 3.8) is 0 Å². The van der Waals surface area contributed by atoms with Crippen molar-refractivity contribution in [1.29, 1.82) is 0 Å². The van der Waals surface area contributed by atoms with E-state index in [1.54, 1.807) is 6.07 Å². The normalized spacial score (nSPS) is 10.5. The first-order chi connectivity index (χ1) is 9.47. The summed E-state index contributed by atoms with van der Waals surface area (Å²) in [6, 6.07) is 10.1. The minimum Gasteiger partial charge on any atom is -0.398 e. The molecule has 7 heteroatoms. The summed E-state index contributed by atoms with van der Waals surface area (Å²) < 4.78 is 0.924. The van der Waals surface area contributed by atoms with Gasteiger partial charge >= 0.3 is 0 Å². The predicted octanol–water partition coefficient (Wildman–Crippen LogP) is 4.89. The van der Waals surface area contributed by atoms with Crippen LogP contribution in [0.3, 0.4) is 0 Å². The first-order valence-electron chi connectivity index (χ1n) is 5.58. The fourth-order valence-corrected chi connectivity index (χ4v) is 3.23. The summed E-state index contributed by atoms with van der Waals surface area (Å²) in [4.78, 5) is 11.1. The van der Waals surface area contributed by atoms with Crippen LogP contribution in [0, 0.1) is 10.1 Å². The van der Waals surface area contributed by atoms with E-state index in [9.17, 15) is 10.1 Å². The zero-order chi connectivity index (χ0) is 14.7. The average Bonchev–Trinajstić information content (AvgIpc) is 2.38. The molecule has 0 aliphatic rings. The number of nitrogen functional groups attached to an aromatic ring is 1. The predicted molar refractivity (Wildman–Crippen MR) is 86.2 cm³/mol. The van der Waals surface area contributed by atoms with Crippen molar-refractivity contribution in [3.8, 4) is 0 Å². The molecule has 0 atom stereocenters. The molecule has 0 aliphatic heterocycles. The van der Waals surface area contributed by atoms with Crippen molar-refractivity contribution >= 4 is 50.7 Å². The van der Waals surface area contributed by atoms with Gasteiger partial charge in [0.1, 0.15) is 0 Å². The quantitative estimate of drug-likeness (QED) is 0.359. The van der Waals surface area contributed by atoms with E-state index in [0.29, 0.717) is 16.5 Å². The van der Waals surface area contributed by atoms with Gasteiger partial charge in [-0.2, -0.15) is 0 Å². The molecular formula is C13H10BrClN2O2S. The van der Waals surface area contributed by atoms with Gasteiger partial charge in [-0.1, -0.05) is 27.5 Å². The van der Waals surface area contributed by atoms with E-state index in [-0.39, 0.29) is 5.69 Å². The maximum Gasteiger partial charge on any atom is 0.270 e. The molecular weight excluding hydrogens is 364 g/mol. The van der Waals surface area contributed by atoms with Crippen LogP contribution in [-0.2, 0) is 5.75 Å². The Morgan fingerprint density at radius 3 is 2.65 bits per heavy atom. The van der Waals surface area contributed by atoms with Crippen LogP contribution in [-0.4, -0.2) is 4.92 Å². The summed E-state index contributed by atoms with van der Waals surface area (Å²) in [5.41, 5.74) is 7.43. The number of nitro benzene ring substituents is 1. The van der Waals surface area contributed by atoms with Crippen LogP contribution in [0.4, 0.5) is 11.4 Å². The molecule has 0 spiro atoms. The number of nitrogens with zero attached hydrogens (tertiary/aromatic N) is 1. The molecule has 2 rings (SSSR count). The Balaban J connectivity index is 2.13. The Labute approximate surface area is 133 Å². The molecule has 4 nitrogen and oxygen atoms in total. The van der Waals surface area contributed by atoms with Crippen molar-refractivity contribution in [3.05, 3.63) is 61.6 Å². The maximum absolute atomic E-state index is 10.6. The van der Waals surface area contributed by atoms with Gasteiger partial charge in [-0.25, -0.2) is 0 Å². The van der Waals surface area contributed by atoms with E-state index in [4.69, 9.17) is 17.3 Å². The Hall–Kier alpha value is -1.24. The molecule has 0 saturated carbocycles. The average molecular weight is 374 g/mol. The van der Waals surface area contributed by atoms with E-state index < -0.39 is 4.92 Å². The molecule has 0 saturated heterocycles. The van der Waals surface area contributed by atoms with Gasteiger partial charge in [0.2, 0.25) is 0 Å². The summed E-state index contributed by atoms with van der Waals surface area (Å²) in [6.45, 7) is 0. The van der Waals surface area contributed by atoms with Crippen LogP contribution in [0.25, 0.3) is 0 Å². The summed E-state index contributed by atoms with van der Waals surface area (Å²) in [7, 11) is 0. The van der Waals surface area contributed by atoms with Crippen molar-refractivity contribution in [2.45, 2.75) is 10.6 Å². The molecule has 0 bridgehead atoms. The van der Waals surface area contributed by atoms with Gasteiger partial charge in [-0.05, 0) is 29.8 Å².